The maximum absolute atomic E-state index is 10.8. The number of pyridine rings is 1. The SMILES string of the molecule is Cc1ccnc2c(O)cc(C(=O)O)cc12. The molecule has 1 aromatic heterocycles. The molecule has 2 rings (SSSR count). The summed E-state index contributed by atoms with van der Waals surface area (Å²) >= 11 is 0. The molecule has 0 aliphatic heterocycles. The molecule has 0 saturated heterocycles. The van der Waals surface area contributed by atoms with Crippen LogP contribution in [0.15, 0.2) is 24.4 Å². The molecule has 0 fully saturated rings. The van der Waals surface area contributed by atoms with Crippen LogP contribution in [0.2, 0.25) is 0 Å². The Morgan fingerprint density at radius 3 is 2.80 bits per heavy atom. The van der Waals surface area contributed by atoms with E-state index in [0.717, 1.165) is 5.56 Å². The van der Waals surface area contributed by atoms with Crippen molar-refractivity contribution in [3.63, 3.8) is 0 Å². The van der Waals surface area contributed by atoms with Gasteiger partial charge in [0.15, 0.2) is 0 Å². The Bertz CT molecular complexity index is 549. The fourth-order valence-corrected chi connectivity index (χ4v) is 1.49. The summed E-state index contributed by atoms with van der Waals surface area (Å²) in [5.41, 5.74) is 1.38. The number of carbonyl (C=O) groups is 1. The summed E-state index contributed by atoms with van der Waals surface area (Å²) in [6, 6.07) is 4.49. The van der Waals surface area contributed by atoms with Crippen LogP contribution >= 0.6 is 0 Å². The third kappa shape index (κ3) is 1.50. The van der Waals surface area contributed by atoms with Crippen LogP contribution in [-0.2, 0) is 0 Å². The van der Waals surface area contributed by atoms with Gasteiger partial charge in [-0.2, -0.15) is 0 Å². The number of phenols is 1. The third-order valence-electron chi connectivity index (χ3n) is 2.29. The standard InChI is InChI=1S/C11H9NO3/c1-6-2-3-12-10-8(6)4-7(11(14)15)5-9(10)13/h2-5,13H,1H3,(H,14,15). The van der Waals surface area contributed by atoms with Crippen molar-refractivity contribution in [1.29, 1.82) is 0 Å². The normalized spacial score (nSPS) is 10.5. The summed E-state index contributed by atoms with van der Waals surface area (Å²) in [6.07, 6.45) is 1.58. The van der Waals surface area contributed by atoms with E-state index < -0.39 is 5.97 Å². The zero-order chi connectivity index (χ0) is 11.0. The lowest BCUT2D eigenvalue weighted by atomic mass is 10.1. The molecule has 1 heterocycles. The van der Waals surface area contributed by atoms with Crippen molar-refractivity contribution in [2.24, 2.45) is 0 Å². The van der Waals surface area contributed by atoms with Crippen LogP contribution in [0, 0.1) is 6.92 Å². The number of aryl methyl sites for hydroxylation is 1. The number of carboxylic acids is 1. The molecule has 0 bridgehead atoms. The first-order valence-electron chi connectivity index (χ1n) is 4.41. The lowest BCUT2D eigenvalue weighted by Gasteiger charge is -2.04. The van der Waals surface area contributed by atoms with Crippen molar-refractivity contribution in [3.8, 4) is 5.75 Å². The zero-order valence-electron chi connectivity index (χ0n) is 8.06. The molecule has 0 atom stereocenters. The Balaban J connectivity index is 2.85. The van der Waals surface area contributed by atoms with Crippen LogP contribution in [0.3, 0.4) is 0 Å². The summed E-state index contributed by atoms with van der Waals surface area (Å²) < 4.78 is 0. The van der Waals surface area contributed by atoms with Gasteiger partial charge in [-0.15, -0.1) is 0 Å². The van der Waals surface area contributed by atoms with E-state index in [0.29, 0.717) is 10.9 Å². The number of phenolic OH excluding ortho intramolecular Hbond substituents is 1. The second kappa shape index (κ2) is 3.24. The van der Waals surface area contributed by atoms with E-state index in [-0.39, 0.29) is 11.3 Å². The quantitative estimate of drug-likeness (QED) is 0.743. The zero-order valence-corrected chi connectivity index (χ0v) is 8.06. The van der Waals surface area contributed by atoms with E-state index in [4.69, 9.17) is 5.11 Å². The first-order chi connectivity index (χ1) is 7.09. The van der Waals surface area contributed by atoms with E-state index >= 15 is 0 Å². The number of aromatic carboxylic acids is 1. The summed E-state index contributed by atoms with van der Waals surface area (Å²) in [6.45, 7) is 1.84. The number of carboxylic acid groups (broad SMARTS) is 1. The van der Waals surface area contributed by atoms with Crippen molar-refractivity contribution in [3.05, 3.63) is 35.5 Å². The molecular weight excluding hydrogens is 194 g/mol. The third-order valence-corrected chi connectivity index (χ3v) is 2.29. The highest BCUT2D eigenvalue weighted by atomic mass is 16.4. The Labute approximate surface area is 85.8 Å². The fourth-order valence-electron chi connectivity index (χ4n) is 1.49. The van der Waals surface area contributed by atoms with Gasteiger partial charge >= 0.3 is 5.97 Å². The molecular formula is C11H9NO3. The molecule has 0 amide bonds. The van der Waals surface area contributed by atoms with Crippen LogP contribution < -0.4 is 0 Å². The Kier molecular flexibility index (Phi) is 2.04. The van der Waals surface area contributed by atoms with Gasteiger partial charge in [0.25, 0.3) is 0 Å². The molecule has 0 spiro atoms. The lowest BCUT2D eigenvalue weighted by molar-refractivity contribution is 0.0696. The molecule has 0 aliphatic carbocycles. The Hall–Kier alpha value is -2.10. The highest BCUT2D eigenvalue weighted by Gasteiger charge is 2.10. The van der Waals surface area contributed by atoms with Crippen LogP contribution in [0.1, 0.15) is 15.9 Å². The minimum atomic E-state index is -1.06. The molecule has 0 aliphatic rings. The number of rotatable bonds is 1. The monoisotopic (exact) mass is 203 g/mol. The first kappa shape index (κ1) is 9.45. The molecule has 2 N–H and O–H groups in total. The van der Waals surface area contributed by atoms with Crippen molar-refractivity contribution < 1.29 is 15.0 Å². The maximum atomic E-state index is 10.8. The molecule has 76 valence electrons. The maximum Gasteiger partial charge on any atom is 0.335 e. The van der Waals surface area contributed by atoms with Crippen LogP contribution in [0.4, 0.5) is 0 Å². The van der Waals surface area contributed by atoms with E-state index in [1.54, 1.807) is 12.3 Å². The van der Waals surface area contributed by atoms with Crippen molar-refractivity contribution in [2.45, 2.75) is 6.92 Å². The van der Waals surface area contributed by atoms with Gasteiger partial charge in [0.2, 0.25) is 0 Å². The van der Waals surface area contributed by atoms with Crippen LogP contribution in [0.5, 0.6) is 5.75 Å². The van der Waals surface area contributed by atoms with Gasteiger partial charge in [0.05, 0.1) is 5.56 Å². The van der Waals surface area contributed by atoms with Gasteiger partial charge in [0, 0.05) is 11.6 Å². The van der Waals surface area contributed by atoms with Gasteiger partial charge in [-0.3, -0.25) is 4.98 Å². The minimum absolute atomic E-state index is 0.0658. The molecule has 2 aromatic rings. The lowest BCUT2D eigenvalue weighted by Crippen LogP contribution is -1.96. The van der Waals surface area contributed by atoms with Crippen molar-refractivity contribution >= 4 is 16.9 Å². The molecule has 0 unspecified atom stereocenters. The fraction of sp³-hybridized carbons (Fsp3) is 0.0909. The Morgan fingerprint density at radius 1 is 1.40 bits per heavy atom. The van der Waals surface area contributed by atoms with E-state index in [1.807, 2.05) is 6.92 Å². The number of aromatic nitrogens is 1. The molecule has 4 heteroatoms. The van der Waals surface area contributed by atoms with Gasteiger partial charge < -0.3 is 10.2 Å². The second-order valence-corrected chi connectivity index (χ2v) is 3.32. The summed E-state index contributed by atoms with van der Waals surface area (Å²) in [4.78, 5) is 14.8. The highest BCUT2D eigenvalue weighted by molar-refractivity contribution is 5.96. The predicted octanol–water partition coefficient (Wildman–Crippen LogP) is 1.95. The molecule has 1 aromatic carbocycles. The van der Waals surface area contributed by atoms with Crippen LogP contribution in [-0.4, -0.2) is 21.2 Å². The molecule has 15 heavy (non-hydrogen) atoms. The largest absolute Gasteiger partial charge is 0.506 e. The van der Waals surface area contributed by atoms with Gasteiger partial charge in [-0.05, 0) is 30.7 Å². The molecule has 4 nitrogen and oxygen atoms in total. The summed E-state index contributed by atoms with van der Waals surface area (Å²) in [5.74, 6) is -1.16. The number of nitrogens with zero attached hydrogens (tertiary/aromatic N) is 1. The first-order valence-corrected chi connectivity index (χ1v) is 4.41. The average Bonchev–Trinajstić information content (AvgIpc) is 2.19. The highest BCUT2D eigenvalue weighted by Crippen LogP contribution is 2.26. The van der Waals surface area contributed by atoms with Crippen molar-refractivity contribution in [1.82, 2.24) is 4.98 Å². The number of fused-ring (bicyclic) bond motifs is 1. The average molecular weight is 203 g/mol. The Morgan fingerprint density at radius 2 is 2.13 bits per heavy atom. The molecule has 0 radical (unpaired) electrons. The van der Waals surface area contributed by atoms with E-state index in [9.17, 15) is 9.90 Å². The van der Waals surface area contributed by atoms with Gasteiger partial charge in [-0.1, -0.05) is 0 Å². The predicted molar refractivity (Wildman–Crippen MR) is 55.1 cm³/mol. The van der Waals surface area contributed by atoms with Gasteiger partial charge in [-0.25, -0.2) is 4.79 Å². The number of aromatic hydroxyl groups is 1. The van der Waals surface area contributed by atoms with Gasteiger partial charge in [0.1, 0.15) is 11.3 Å². The summed E-state index contributed by atoms with van der Waals surface area (Å²) in [7, 11) is 0. The number of hydrogen-bond donors (Lipinski definition) is 2. The van der Waals surface area contributed by atoms with E-state index in [2.05, 4.69) is 4.98 Å². The minimum Gasteiger partial charge on any atom is -0.506 e. The molecule has 0 saturated carbocycles. The van der Waals surface area contributed by atoms with Crippen molar-refractivity contribution in [2.75, 3.05) is 0 Å². The second-order valence-electron chi connectivity index (χ2n) is 3.32. The summed E-state index contributed by atoms with van der Waals surface area (Å²) in [5, 5.41) is 19.1. The number of benzene rings is 1. The smallest absolute Gasteiger partial charge is 0.335 e. The van der Waals surface area contributed by atoms with E-state index in [1.165, 1.54) is 12.1 Å². The van der Waals surface area contributed by atoms with Crippen LogP contribution in [0.25, 0.3) is 10.9 Å². The topological polar surface area (TPSA) is 70.4 Å². The number of hydrogen-bond acceptors (Lipinski definition) is 3.